The highest BCUT2D eigenvalue weighted by atomic mass is 19.4. The second kappa shape index (κ2) is 6.95. The first-order chi connectivity index (χ1) is 9.24. The molecule has 2 atom stereocenters. The van der Waals surface area contributed by atoms with E-state index >= 15 is 0 Å². The van der Waals surface area contributed by atoms with E-state index in [4.69, 9.17) is 4.74 Å². The van der Waals surface area contributed by atoms with Crippen LogP contribution >= 0.6 is 0 Å². The molecule has 0 saturated heterocycles. The highest BCUT2D eigenvalue weighted by Crippen LogP contribution is 2.24. The van der Waals surface area contributed by atoms with Gasteiger partial charge in [-0.3, -0.25) is 0 Å². The molecule has 1 rings (SSSR count). The number of halogens is 3. The van der Waals surface area contributed by atoms with E-state index in [-0.39, 0.29) is 6.54 Å². The number of likely N-dealkylation sites (N-methyl/N-ethyl adjacent to an activating group) is 1. The van der Waals surface area contributed by atoms with Crippen molar-refractivity contribution in [2.45, 2.75) is 31.7 Å². The molecule has 2 unspecified atom stereocenters. The molecule has 0 aliphatic heterocycles. The van der Waals surface area contributed by atoms with Crippen molar-refractivity contribution in [3.05, 3.63) is 29.8 Å². The number of aliphatic hydroxyl groups excluding tert-OH is 1. The summed E-state index contributed by atoms with van der Waals surface area (Å²) in [7, 11) is 3.11. The van der Waals surface area contributed by atoms with Crippen molar-refractivity contribution in [1.29, 1.82) is 0 Å². The zero-order valence-electron chi connectivity index (χ0n) is 11.8. The van der Waals surface area contributed by atoms with E-state index in [0.717, 1.165) is 0 Å². The minimum Gasteiger partial charge on any atom is -0.497 e. The van der Waals surface area contributed by atoms with Gasteiger partial charge in [0.05, 0.1) is 19.6 Å². The van der Waals surface area contributed by atoms with Gasteiger partial charge in [-0.15, -0.1) is 0 Å². The number of methoxy groups -OCH3 is 1. The molecule has 0 aliphatic carbocycles. The number of nitrogens with zero attached hydrogens (tertiary/aromatic N) is 1. The largest absolute Gasteiger partial charge is 0.497 e. The van der Waals surface area contributed by atoms with Gasteiger partial charge in [0.2, 0.25) is 0 Å². The zero-order chi connectivity index (χ0) is 15.3. The molecule has 20 heavy (non-hydrogen) atoms. The van der Waals surface area contributed by atoms with Gasteiger partial charge >= 0.3 is 6.18 Å². The highest BCUT2D eigenvalue weighted by molar-refractivity contribution is 5.28. The number of aliphatic hydroxyl groups is 1. The topological polar surface area (TPSA) is 32.7 Å². The molecule has 0 saturated carbocycles. The SMILES string of the molecule is COc1ccc(C(O)C(C)N(C)CCC(F)(F)F)cc1. The van der Waals surface area contributed by atoms with Gasteiger partial charge in [-0.25, -0.2) is 0 Å². The zero-order valence-corrected chi connectivity index (χ0v) is 11.8. The van der Waals surface area contributed by atoms with E-state index in [2.05, 4.69) is 0 Å². The summed E-state index contributed by atoms with van der Waals surface area (Å²) >= 11 is 0. The fraction of sp³-hybridized carbons (Fsp3) is 0.571. The Kier molecular flexibility index (Phi) is 5.83. The summed E-state index contributed by atoms with van der Waals surface area (Å²) in [6, 6.07) is 6.42. The lowest BCUT2D eigenvalue weighted by molar-refractivity contribution is -0.139. The fourth-order valence-corrected chi connectivity index (χ4v) is 1.83. The second-order valence-corrected chi connectivity index (χ2v) is 4.80. The number of ether oxygens (including phenoxy) is 1. The minimum absolute atomic E-state index is 0.141. The molecular formula is C14H20F3NO2. The van der Waals surface area contributed by atoms with Crippen LogP contribution in [0, 0.1) is 0 Å². The normalized spacial score (nSPS) is 15.2. The third-order valence-electron chi connectivity index (χ3n) is 3.36. The molecule has 1 N–H and O–H groups in total. The van der Waals surface area contributed by atoms with Crippen LogP contribution in [0.25, 0.3) is 0 Å². The molecular weight excluding hydrogens is 271 g/mol. The first kappa shape index (κ1) is 16.8. The molecule has 3 nitrogen and oxygen atoms in total. The number of hydrogen-bond donors (Lipinski definition) is 1. The van der Waals surface area contributed by atoms with E-state index < -0.39 is 24.7 Å². The lowest BCUT2D eigenvalue weighted by Gasteiger charge is -2.29. The summed E-state index contributed by atoms with van der Waals surface area (Å²) in [4.78, 5) is 1.50. The summed E-state index contributed by atoms with van der Waals surface area (Å²) in [5.74, 6) is 0.666. The molecule has 0 bridgehead atoms. The summed E-state index contributed by atoms with van der Waals surface area (Å²) in [6.07, 6.45) is -5.92. The Labute approximate surface area is 117 Å². The van der Waals surface area contributed by atoms with Gasteiger partial charge in [0.1, 0.15) is 5.75 Å². The van der Waals surface area contributed by atoms with Crippen molar-refractivity contribution >= 4 is 0 Å². The molecule has 1 aromatic rings. The lowest BCUT2D eigenvalue weighted by atomic mass is 10.0. The van der Waals surface area contributed by atoms with Crippen LogP contribution in [0.2, 0.25) is 0 Å². The van der Waals surface area contributed by atoms with Crippen LogP contribution in [0.3, 0.4) is 0 Å². The van der Waals surface area contributed by atoms with E-state index in [1.807, 2.05) is 0 Å². The van der Waals surface area contributed by atoms with Crippen LogP contribution in [0.1, 0.15) is 25.0 Å². The van der Waals surface area contributed by atoms with Gasteiger partial charge in [-0.1, -0.05) is 12.1 Å². The second-order valence-electron chi connectivity index (χ2n) is 4.80. The molecule has 0 radical (unpaired) electrons. The van der Waals surface area contributed by atoms with E-state index in [1.165, 1.54) is 4.90 Å². The van der Waals surface area contributed by atoms with Crippen molar-refractivity contribution in [3.8, 4) is 5.75 Å². The Morgan fingerprint density at radius 1 is 1.25 bits per heavy atom. The van der Waals surface area contributed by atoms with Crippen LogP contribution in [0.15, 0.2) is 24.3 Å². The van der Waals surface area contributed by atoms with Crippen LogP contribution in [0.4, 0.5) is 13.2 Å². The molecule has 6 heteroatoms. The van der Waals surface area contributed by atoms with Gasteiger partial charge in [0, 0.05) is 12.6 Å². The standard InChI is InChI=1S/C14H20F3NO2/c1-10(18(2)9-8-14(15,16)17)13(19)11-4-6-12(20-3)7-5-11/h4-7,10,13,19H,8-9H2,1-3H3. The monoisotopic (exact) mass is 291 g/mol. The van der Waals surface area contributed by atoms with Crippen molar-refractivity contribution in [2.24, 2.45) is 0 Å². The van der Waals surface area contributed by atoms with Gasteiger partial charge in [0.25, 0.3) is 0 Å². The Morgan fingerprint density at radius 3 is 2.25 bits per heavy atom. The third kappa shape index (κ3) is 5.02. The fourth-order valence-electron chi connectivity index (χ4n) is 1.83. The maximum atomic E-state index is 12.2. The molecule has 0 fully saturated rings. The number of alkyl halides is 3. The molecule has 1 aromatic carbocycles. The van der Waals surface area contributed by atoms with Gasteiger partial charge in [0.15, 0.2) is 0 Å². The van der Waals surface area contributed by atoms with Crippen LogP contribution in [-0.4, -0.2) is 42.9 Å². The molecule has 0 aliphatic rings. The quantitative estimate of drug-likeness (QED) is 0.874. The van der Waals surface area contributed by atoms with Gasteiger partial charge in [-0.05, 0) is 31.7 Å². The maximum absolute atomic E-state index is 12.2. The average molecular weight is 291 g/mol. The van der Waals surface area contributed by atoms with Crippen LogP contribution in [-0.2, 0) is 0 Å². The van der Waals surface area contributed by atoms with E-state index in [0.29, 0.717) is 11.3 Å². The number of rotatable bonds is 6. The third-order valence-corrected chi connectivity index (χ3v) is 3.36. The Bertz CT molecular complexity index is 406. The maximum Gasteiger partial charge on any atom is 0.390 e. The minimum atomic E-state index is -4.18. The number of hydrogen-bond acceptors (Lipinski definition) is 3. The van der Waals surface area contributed by atoms with E-state index in [1.54, 1.807) is 45.3 Å². The highest BCUT2D eigenvalue weighted by Gasteiger charge is 2.29. The first-order valence-corrected chi connectivity index (χ1v) is 6.33. The van der Waals surface area contributed by atoms with Crippen molar-refractivity contribution in [3.63, 3.8) is 0 Å². The van der Waals surface area contributed by atoms with Crippen molar-refractivity contribution < 1.29 is 23.0 Å². The Balaban J connectivity index is 2.62. The smallest absolute Gasteiger partial charge is 0.390 e. The van der Waals surface area contributed by atoms with Crippen LogP contribution < -0.4 is 4.74 Å². The van der Waals surface area contributed by atoms with Gasteiger partial charge in [-0.2, -0.15) is 13.2 Å². The van der Waals surface area contributed by atoms with Crippen molar-refractivity contribution in [1.82, 2.24) is 4.90 Å². The summed E-state index contributed by atoms with van der Waals surface area (Å²) in [5.41, 5.74) is 0.650. The number of benzene rings is 1. The van der Waals surface area contributed by atoms with Crippen LogP contribution in [0.5, 0.6) is 5.75 Å². The molecule has 0 aromatic heterocycles. The average Bonchev–Trinajstić information content (AvgIpc) is 2.42. The lowest BCUT2D eigenvalue weighted by Crippen LogP contribution is -2.36. The molecule has 0 spiro atoms. The van der Waals surface area contributed by atoms with E-state index in [9.17, 15) is 18.3 Å². The molecule has 114 valence electrons. The Hall–Kier alpha value is -1.27. The van der Waals surface area contributed by atoms with Crippen molar-refractivity contribution in [2.75, 3.05) is 20.7 Å². The summed E-state index contributed by atoms with van der Waals surface area (Å²) < 4.78 is 41.6. The summed E-state index contributed by atoms with van der Waals surface area (Å²) in [6.45, 7) is 1.56. The first-order valence-electron chi connectivity index (χ1n) is 6.33. The predicted molar refractivity (Wildman–Crippen MR) is 70.7 cm³/mol. The molecule has 0 heterocycles. The predicted octanol–water partition coefficient (Wildman–Crippen LogP) is 3.00. The van der Waals surface area contributed by atoms with Gasteiger partial charge < -0.3 is 14.7 Å². The molecule has 0 amide bonds. The summed E-state index contributed by atoms with van der Waals surface area (Å²) in [5, 5.41) is 10.2. The Morgan fingerprint density at radius 2 is 1.80 bits per heavy atom.